The summed E-state index contributed by atoms with van der Waals surface area (Å²) in [6, 6.07) is 16.7. The Hall–Kier alpha value is -1.71. The highest BCUT2D eigenvalue weighted by Crippen LogP contribution is 2.19. The Balaban J connectivity index is 2.11. The molecule has 19 heavy (non-hydrogen) atoms. The van der Waals surface area contributed by atoms with E-state index in [1.165, 1.54) is 5.56 Å². The lowest BCUT2D eigenvalue weighted by Gasteiger charge is -2.27. The highest BCUT2D eigenvalue weighted by Gasteiger charge is 2.15. The first-order valence-electron chi connectivity index (χ1n) is 6.58. The zero-order chi connectivity index (χ0) is 13.7. The molecule has 0 aliphatic carbocycles. The second kappa shape index (κ2) is 6.45. The second-order valence-corrected chi connectivity index (χ2v) is 4.85. The molecule has 3 heteroatoms. The third-order valence-electron chi connectivity index (χ3n) is 3.30. The van der Waals surface area contributed by atoms with Gasteiger partial charge in [-0.25, -0.2) is 0 Å². The quantitative estimate of drug-likeness (QED) is 0.892. The first-order chi connectivity index (χ1) is 9.20. The van der Waals surface area contributed by atoms with E-state index < -0.39 is 0 Å². The summed E-state index contributed by atoms with van der Waals surface area (Å²) >= 11 is 0. The van der Waals surface area contributed by atoms with Crippen molar-refractivity contribution in [3.63, 3.8) is 0 Å². The van der Waals surface area contributed by atoms with Crippen LogP contribution in [0, 0.1) is 6.92 Å². The maximum Gasteiger partial charge on any atom is 0.0547 e. The van der Waals surface area contributed by atoms with E-state index in [1.807, 2.05) is 25.1 Å². The molecule has 1 unspecified atom stereocenters. The van der Waals surface area contributed by atoms with Crippen molar-refractivity contribution in [2.45, 2.75) is 19.5 Å². The lowest BCUT2D eigenvalue weighted by molar-refractivity contribution is 0.239. The van der Waals surface area contributed by atoms with E-state index in [0.717, 1.165) is 17.9 Å². The molecule has 1 heterocycles. The van der Waals surface area contributed by atoms with Gasteiger partial charge in [0.1, 0.15) is 0 Å². The predicted octanol–water partition coefficient (Wildman–Crippen LogP) is 2.52. The standard InChI is InChI=1S/C16H21N3/c1-13-7-6-10-15(18-13)12-19(2)16(11-17)14-8-4-3-5-9-14/h3-10,16H,11-12,17H2,1-2H3. The van der Waals surface area contributed by atoms with Crippen molar-refractivity contribution in [2.75, 3.05) is 13.6 Å². The number of rotatable bonds is 5. The summed E-state index contributed by atoms with van der Waals surface area (Å²) in [7, 11) is 2.09. The summed E-state index contributed by atoms with van der Waals surface area (Å²) in [6.45, 7) is 3.42. The van der Waals surface area contributed by atoms with Gasteiger partial charge in [-0.05, 0) is 31.7 Å². The smallest absolute Gasteiger partial charge is 0.0547 e. The minimum atomic E-state index is 0.225. The Morgan fingerprint density at radius 1 is 1.11 bits per heavy atom. The number of aromatic nitrogens is 1. The molecule has 1 aromatic heterocycles. The maximum atomic E-state index is 5.93. The Bertz CT molecular complexity index is 510. The second-order valence-electron chi connectivity index (χ2n) is 4.85. The van der Waals surface area contributed by atoms with Crippen LogP contribution in [0.1, 0.15) is 23.0 Å². The van der Waals surface area contributed by atoms with Crippen LogP contribution in [0.5, 0.6) is 0 Å². The van der Waals surface area contributed by atoms with Crippen molar-refractivity contribution >= 4 is 0 Å². The fourth-order valence-electron chi connectivity index (χ4n) is 2.30. The molecule has 0 amide bonds. The normalized spacial score (nSPS) is 12.6. The summed E-state index contributed by atoms with van der Waals surface area (Å²) in [4.78, 5) is 6.79. The molecule has 1 aromatic carbocycles. The molecule has 2 rings (SSSR count). The monoisotopic (exact) mass is 255 g/mol. The zero-order valence-corrected chi connectivity index (χ0v) is 11.6. The van der Waals surface area contributed by atoms with Crippen molar-refractivity contribution < 1.29 is 0 Å². The van der Waals surface area contributed by atoms with Crippen LogP contribution in [0.25, 0.3) is 0 Å². The van der Waals surface area contributed by atoms with Gasteiger partial charge >= 0.3 is 0 Å². The molecular weight excluding hydrogens is 234 g/mol. The van der Waals surface area contributed by atoms with Crippen LogP contribution in [-0.2, 0) is 6.54 Å². The van der Waals surface area contributed by atoms with Gasteiger partial charge in [-0.15, -0.1) is 0 Å². The number of aryl methyl sites for hydroxylation is 1. The molecule has 2 aromatic rings. The first-order valence-corrected chi connectivity index (χ1v) is 6.58. The number of nitrogens with two attached hydrogens (primary N) is 1. The number of nitrogens with zero attached hydrogens (tertiary/aromatic N) is 2. The molecule has 0 spiro atoms. The summed E-state index contributed by atoms with van der Waals surface area (Å²) in [5.74, 6) is 0. The van der Waals surface area contributed by atoms with Gasteiger partial charge in [-0.1, -0.05) is 36.4 Å². The first kappa shape index (κ1) is 13.7. The van der Waals surface area contributed by atoms with Crippen LogP contribution < -0.4 is 5.73 Å². The van der Waals surface area contributed by atoms with Crippen LogP contribution in [0.15, 0.2) is 48.5 Å². The number of pyridine rings is 1. The fourth-order valence-corrected chi connectivity index (χ4v) is 2.30. The SMILES string of the molecule is Cc1cccc(CN(C)C(CN)c2ccccc2)n1. The third kappa shape index (κ3) is 3.63. The van der Waals surface area contributed by atoms with Crippen molar-refractivity contribution in [3.05, 3.63) is 65.5 Å². The maximum absolute atomic E-state index is 5.93. The van der Waals surface area contributed by atoms with Gasteiger partial charge in [-0.2, -0.15) is 0 Å². The number of likely N-dealkylation sites (N-methyl/N-ethyl adjacent to an activating group) is 1. The van der Waals surface area contributed by atoms with Gasteiger partial charge in [-0.3, -0.25) is 9.88 Å². The minimum absolute atomic E-state index is 0.225. The van der Waals surface area contributed by atoms with Crippen molar-refractivity contribution in [2.24, 2.45) is 5.73 Å². The fraction of sp³-hybridized carbons (Fsp3) is 0.312. The lowest BCUT2D eigenvalue weighted by atomic mass is 10.1. The van der Waals surface area contributed by atoms with Crippen LogP contribution in [-0.4, -0.2) is 23.5 Å². The Morgan fingerprint density at radius 3 is 2.47 bits per heavy atom. The van der Waals surface area contributed by atoms with E-state index in [9.17, 15) is 0 Å². The molecule has 0 bridgehead atoms. The molecule has 0 saturated carbocycles. The number of benzene rings is 1. The number of hydrogen-bond donors (Lipinski definition) is 1. The van der Waals surface area contributed by atoms with Crippen LogP contribution >= 0.6 is 0 Å². The summed E-state index contributed by atoms with van der Waals surface area (Å²) in [5, 5.41) is 0. The average molecular weight is 255 g/mol. The molecular formula is C16H21N3. The molecule has 100 valence electrons. The molecule has 0 aliphatic heterocycles. The third-order valence-corrected chi connectivity index (χ3v) is 3.30. The van der Waals surface area contributed by atoms with Crippen molar-refractivity contribution in [1.82, 2.24) is 9.88 Å². The Morgan fingerprint density at radius 2 is 1.84 bits per heavy atom. The lowest BCUT2D eigenvalue weighted by Crippen LogP contribution is -2.30. The zero-order valence-electron chi connectivity index (χ0n) is 11.6. The Kier molecular flexibility index (Phi) is 4.66. The summed E-state index contributed by atoms with van der Waals surface area (Å²) in [6.07, 6.45) is 0. The van der Waals surface area contributed by atoms with Crippen LogP contribution in [0.4, 0.5) is 0 Å². The van der Waals surface area contributed by atoms with Gasteiger partial charge in [0, 0.05) is 24.8 Å². The molecule has 0 fully saturated rings. The van der Waals surface area contributed by atoms with Gasteiger partial charge < -0.3 is 5.73 Å². The highest BCUT2D eigenvalue weighted by molar-refractivity contribution is 5.19. The molecule has 2 N–H and O–H groups in total. The van der Waals surface area contributed by atoms with Gasteiger partial charge in [0.25, 0.3) is 0 Å². The minimum Gasteiger partial charge on any atom is -0.329 e. The largest absolute Gasteiger partial charge is 0.329 e. The van der Waals surface area contributed by atoms with Gasteiger partial charge in [0.05, 0.1) is 5.69 Å². The molecule has 3 nitrogen and oxygen atoms in total. The topological polar surface area (TPSA) is 42.1 Å². The predicted molar refractivity (Wildman–Crippen MR) is 78.7 cm³/mol. The van der Waals surface area contributed by atoms with E-state index >= 15 is 0 Å². The summed E-state index contributed by atoms with van der Waals surface area (Å²) < 4.78 is 0. The molecule has 0 aliphatic rings. The molecule has 0 radical (unpaired) electrons. The van der Waals surface area contributed by atoms with Crippen molar-refractivity contribution in [3.8, 4) is 0 Å². The van der Waals surface area contributed by atoms with E-state index in [1.54, 1.807) is 0 Å². The van der Waals surface area contributed by atoms with E-state index in [2.05, 4.69) is 47.3 Å². The van der Waals surface area contributed by atoms with Crippen LogP contribution in [0.3, 0.4) is 0 Å². The molecule has 0 saturated heterocycles. The highest BCUT2D eigenvalue weighted by atomic mass is 15.1. The van der Waals surface area contributed by atoms with Gasteiger partial charge in [0.2, 0.25) is 0 Å². The van der Waals surface area contributed by atoms with Crippen molar-refractivity contribution in [1.29, 1.82) is 0 Å². The number of hydrogen-bond acceptors (Lipinski definition) is 3. The molecule has 1 atom stereocenters. The summed E-state index contributed by atoms with van der Waals surface area (Å²) in [5.41, 5.74) is 9.31. The van der Waals surface area contributed by atoms with E-state index in [0.29, 0.717) is 6.54 Å². The van der Waals surface area contributed by atoms with Crippen LogP contribution in [0.2, 0.25) is 0 Å². The van der Waals surface area contributed by atoms with Gasteiger partial charge in [0.15, 0.2) is 0 Å². The average Bonchev–Trinajstić information content (AvgIpc) is 2.41. The Labute approximate surface area is 115 Å². The van der Waals surface area contributed by atoms with E-state index in [-0.39, 0.29) is 6.04 Å². The van der Waals surface area contributed by atoms with E-state index in [4.69, 9.17) is 5.73 Å².